The van der Waals surface area contributed by atoms with Crippen LogP contribution in [0.4, 0.5) is 16.3 Å². The molecule has 0 aliphatic heterocycles. The highest BCUT2D eigenvalue weighted by Gasteiger charge is 2.17. The molecular formula is C13H16FN5OS. The van der Waals surface area contributed by atoms with Crippen LogP contribution in [0, 0.1) is 12.7 Å². The van der Waals surface area contributed by atoms with E-state index in [9.17, 15) is 9.18 Å². The largest absolute Gasteiger partial charge is 0.346 e. The monoisotopic (exact) mass is 309 g/mol. The fourth-order valence-corrected chi connectivity index (χ4v) is 2.73. The number of nitrogens with zero attached hydrogens (tertiary/aromatic N) is 3. The normalized spacial score (nSPS) is 12.0. The molecule has 0 aliphatic carbocycles. The summed E-state index contributed by atoms with van der Waals surface area (Å²) in [4.78, 5) is 24.0. The van der Waals surface area contributed by atoms with Gasteiger partial charge in [-0.05, 0) is 24.8 Å². The number of carbonyl (C=O) groups is 1. The second-order valence-corrected chi connectivity index (χ2v) is 5.40. The van der Waals surface area contributed by atoms with Gasteiger partial charge >= 0.3 is 0 Å². The number of aromatic nitrogens is 3. The lowest BCUT2D eigenvalue weighted by Gasteiger charge is -2.16. The lowest BCUT2D eigenvalue weighted by Crippen LogP contribution is -2.16. The lowest BCUT2D eigenvalue weighted by atomic mass is 10.2. The molecule has 1 atom stereocenters. The maximum atomic E-state index is 13.7. The summed E-state index contributed by atoms with van der Waals surface area (Å²) < 4.78 is 13.7. The van der Waals surface area contributed by atoms with Crippen LogP contribution < -0.4 is 10.6 Å². The number of thiophene rings is 1. The molecule has 8 heteroatoms. The Morgan fingerprint density at radius 3 is 2.67 bits per heavy atom. The van der Waals surface area contributed by atoms with Crippen LogP contribution in [0.1, 0.15) is 37.0 Å². The molecule has 0 bridgehead atoms. The van der Waals surface area contributed by atoms with E-state index in [0.717, 1.165) is 0 Å². The maximum absolute atomic E-state index is 13.7. The first-order valence-electron chi connectivity index (χ1n) is 6.49. The maximum Gasteiger partial charge on any atom is 0.234 e. The second kappa shape index (κ2) is 6.57. The minimum Gasteiger partial charge on any atom is -0.346 e. The van der Waals surface area contributed by atoms with Crippen molar-refractivity contribution in [2.75, 3.05) is 10.6 Å². The third kappa shape index (κ3) is 3.94. The van der Waals surface area contributed by atoms with Crippen molar-refractivity contribution >= 4 is 29.1 Å². The highest BCUT2D eigenvalue weighted by Crippen LogP contribution is 2.28. The summed E-state index contributed by atoms with van der Waals surface area (Å²) >= 11 is 1.34. The molecule has 2 aromatic heterocycles. The van der Waals surface area contributed by atoms with Crippen molar-refractivity contribution in [1.29, 1.82) is 0 Å². The fraction of sp³-hybridized carbons (Fsp3) is 0.385. The Hall–Kier alpha value is -2.09. The molecule has 0 fully saturated rings. The summed E-state index contributed by atoms with van der Waals surface area (Å²) in [6.45, 7) is 5.02. The SMILES string of the molecule is CCC(Nc1nc(C)nc(NC(C)=O)n1)c1sccc1F. The molecule has 0 spiro atoms. The van der Waals surface area contributed by atoms with Gasteiger partial charge in [-0.15, -0.1) is 11.3 Å². The minimum atomic E-state index is -0.261. The predicted octanol–water partition coefficient (Wildman–Crippen LogP) is 2.90. The second-order valence-electron chi connectivity index (χ2n) is 4.45. The van der Waals surface area contributed by atoms with Crippen LogP contribution in [0.15, 0.2) is 11.4 Å². The topological polar surface area (TPSA) is 79.8 Å². The molecule has 1 amide bonds. The molecule has 21 heavy (non-hydrogen) atoms. The van der Waals surface area contributed by atoms with Gasteiger partial charge in [0.2, 0.25) is 17.8 Å². The molecule has 2 heterocycles. The molecule has 0 aliphatic rings. The number of anilines is 2. The van der Waals surface area contributed by atoms with Gasteiger partial charge in [0.05, 0.1) is 10.9 Å². The molecule has 0 radical (unpaired) electrons. The van der Waals surface area contributed by atoms with E-state index in [1.54, 1.807) is 12.3 Å². The van der Waals surface area contributed by atoms with Gasteiger partial charge in [0.15, 0.2) is 0 Å². The Labute approximate surface area is 125 Å². The molecule has 0 saturated heterocycles. The van der Waals surface area contributed by atoms with Gasteiger partial charge in [0.25, 0.3) is 0 Å². The smallest absolute Gasteiger partial charge is 0.234 e. The summed E-state index contributed by atoms with van der Waals surface area (Å²) in [5.41, 5.74) is 0. The number of nitrogens with one attached hydrogen (secondary N) is 2. The van der Waals surface area contributed by atoms with Crippen LogP contribution >= 0.6 is 11.3 Å². The van der Waals surface area contributed by atoms with Crippen LogP contribution in [0.5, 0.6) is 0 Å². The van der Waals surface area contributed by atoms with E-state index in [0.29, 0.717) is 23.1 Å². The van der Waals surface area contributed by atoms with Crippen LogP contribution in [-0.4, -0.2) is 20.9 Å². The minimum absolute atomic E-state index is 0.180. The summed E-state index contributed by atoms with van der Waals surface area (Å²) in [5.74, 6) is 0.456. The van der Waals surface area contributed by atoms with Crippen LogP contribution in [0.25, 0.3) is 0 Å². The molecule has 0 saturated carbocycles. The van der Waals surface area contributed by atoms with E-state index < -0.39 is 0 Å². The first kappa shape index (κ1) is 15.3. The molecule has 6 nitrogen and oxygen atoms in total. The van der Waals surface area contributed by atoms with Gasteiger partial charge in [0.1, 0.15) is 11.6 Å². The molecule has 1 unspecified atom stereocenters. The summed E-state index contributed by atoms with van der Waals surface area (Å²) in [5, 5.41) is 7.30. The average Bonchev–Trinajstić information content (AvgIpc) is 2.80. The first-order chi connectivity index (χ1) is 9.99. The zero-order valence-corrected chi connectivity index (χ0v) is 12.8. The quantitative estimate of drug-likeness (QED) is 0.887. The van der Waals surface area contributed by atoms with Gasteiger partial charge in [-0.1, -0.05) is 6.92 Å². The Kier molecular flexibility index (Phi) is 4.79. The molecule has 2 aromatic rings. The lowest BCUT2D eigenvalue weighted by molar-refractivity contribution is -0.114. The van der Waals surface area contributed by atoms with E-state index in [-0.39, 0.29) is 23.7 Å². The van der Waals surface area contributed by atoms with E-state index in [1.807, 2.05) is 6.92 Å². The Morgan fingerprint density at radius 1 is 1.38 bits per heavy atom. The van der Waals surface area contributed by atoms with Gasteiger partial charge in [-0.25, -0.2) is 4.39 Å². The van der Waals surface area contributed by atoms with Crippen molar-refractivity contribution in [2.45, 2.75) is 33.2 Å². The van der Waals surface area contributed by atoms with E-state index in [4.69, 9.17) is 0 Å². The van der Waals surface area contributed by atoms with Crippen molar-refractivity contribution in [3.05, 3.63) is 28.0 Å². The van der Waals surface area contributed by atoms with E-state index in [1.165, 1.54) is 24.3 Å². The number of amides is 1. The zero-order chi connectivity index (χ0) is 15.4. The highest BCUT2D eigenvalue weighted by atomic mass is 32.1. The van der Waals surface area contributed by atoms with Gasteiger partial charge < -0.3 is 5.32 Å². The van der Waals surface area contributed by atoms with Gasteiger partial charge in [0, 0.05) is 6.92 Å². The molecule has 0 aromatic carbocycles. The third-order valence-corrected chi connectivity index (χ3v) is 3.71. The molecule has 2 rings (SSSR count). The molecular weight excluding hydrogens is 293 g/mol. The third-order valence-electron chi connectivity index (χ3n) is 2.71. The first-order valence-corrected chi connectivity index (χ1v) is 7.37. The Bertz CT molecular complexity index is 645. The summed E-state index contributed by atoms with van der Waals surface area (Å²) in [6.07, 6.45) is 0.678. The van der Waals surface area contributed by atoms with Crippen LogP contribution in [-0.2, 0) is 4.79 Å². The van der Waals surface area contributed by atoms with Gasteiger partial charge in [-0.2, -0.15) is 15.0 Å². The molecule has 112 valence electrons. The van der Waals surface area contributed by atoms with Gasteiger partial charge in [-0.3, -0.25) is 10.1 Å². The predicted molar refractivity (Wildman–Crippen MR) is 79.8 cm³/mol. The number of aryl methyl sites for hydroxylation is 1. The fourth-order valence-electron chi connectivity index (χ4n) is 1.82. The summed E-state index contributed by atoms with van der Waals surface area (Å²) in [6, 6.07) is 1.21. The van der Waals surface area contributed by atoms with Crippen molar-refractivity contribution in [3.8, 4) is 0 Å². The highest BCUT2D eigenvalue weighted by molar-refractivity contribution is 7.10. The number of hydrogen-bond donors (Lipinski definition) is 2. The number of hydrogen-bond acceptors (Lipinski definition) is 6. The average molecular weight is 309 g/mol. The summed E-state index contributed by atoms with van der Waals surface area (Å²) in [7, 11) is 0. The number of halogens is 1. The number of carbonyl (C=O) groups excluding carboxylic acids is 1. The van der Waals surface area contributed by atoms with E-state index in [2.05, 4.69) is 25.6 Å². The van der Waals surface area contributed by atoms with Crippen LogP contribution in [0.2, 0.25) is 0 Å². The van der Waals surface area contributed by atoms with Crippen molar-refractivity contribution in [3.63, 3.8) is 0 Å². The van der Waals surface area contributed by atoms with E-state index >= 15 is 0 Å². The zero-order valence-electron chi connectivity index (χ0n) is 12.0. The Balaban J connectivity index is 2.23. The number of rotatable bonds is 5. The van der Waals surface area contributed by atoms with Crippen molar-refractivity contribution in [1.82, 2.24) is 15.0 Å². The Morgan fingerprint density at radius 2 is 2.10 bits per heavy atom. The van der Waals surface area contributed by atoms with Crippen molar-refractivity contribution in [2.24, 2.45) is 0 Å². The van der Waals surface area contributed by atoms with Crippen LogP contribution in [0.3, 0.4) is 0 Å². The standard InChI is InChI=1S/C13H16FN5OS/c1-4-10(11-9(14)5-6-21-11)18-13-16-7(2)15-12(19-13)17-8(3)20/h5-6,10H,4H2,1-3H3,(H2,15,16,17,18,19,20). The van der Waals surface area contributed by atoms with Crippen molar-refractivity contribution < 1.29 is 9.18 Å². The molecule has 2 N–H and O–H groups in total.